The Labute approximate surface area is 89.8 Å². The molecule has 0 spiro atoms. The summed E-state index contributed by atoms with van der Waals surface area (Å²) in [5.41, 5.74) is 4.88. The minimum Gasteiger partial charge on any atom is -0.363 e. The number of amides is 2. The van der Waals surface area contributed by atoms with Crippen molar-refractivity contribution in [1.82, 2.24) is 16.0 Å². The normalized spacial score (nSPS) is 9.21. The smallest absolute Gasteiger partial charge is 0.312 e. The summed E-state index contributed by atoms with van der Waals surface area (Å²) < 4.78 is 0. The first-order valence-corrected chi connectivity index (χ1v) is 5.12. The Kier molecular flexibility index (Phi) is 7.92. The number of thiocarbonyl (C=S) groups is 1. The lowest BCUT2D eigenvalue weighted by Gasteiger charge is -2.09. The third kappa shape index (κ3) is 9.05. The molecule has 0 aromatic rings. The van der Waals surface area contributed by atoms with Crippen molar-refractivity contribution in [2.24, 2.45) is 5.73 Å². The number of nitrogens with two attached hydrogens (primary N) is 1. The van der Waals surface area contributed by atoms with Gasteiger partial charge in [0.2, 0.25) is 0 Å². The second-order valence-electron chi connectivity index (χ2n) is 2.83. The van der Waals surface area contributed by atoms with Crippen LogP contribution in [0.2, 0.25) is 0 Å². The molecule has 0 aromatic heterocycles. The first-order chi connectivity index (χ1) is 6.66. The van der Waals surface area contributed by atoms with Crippen molar-refractivity contribution in [3.63, 3.8) is 0 Å². The van der Waals surface area contributed by atoms with E-state index in [-0.39, 0.29) is 0 Å². The molecule has 0 saturated heterocycles. The Balaban J connectivity index is 3.22. The zero-order valence-electron chi connectivity index (χ0n) is 8.43. The summed E-state index contributed by atoms with van der Waals surface area (Å²) in [5, 5.41) is 9.07. The predicted octanol–water partition coefficient (Wildman–Crippen LogP) is -0.0811. The highest BCUT2D eigenvalue weighted by molar-refractivity contribution is 7.80. The van der Waals surface area contributed by atoms with Gasteiger partial charge in [-0.1, -0.05) is 13.3 Å². The molecule has 14 heavy (non-hydrogen) atoms. The lowest BCUT2D eigenvalue weighted by atomic mass is 10.3. The maximum atomic E-state index is 10.3. The molecule has 5 N–H and O–H groups in total. The van der Waals surface area contributed by atoms with Crippen molar-refractivity contribution in [3.05, 3.63) is 0 Å². The Morgan fingerprint density at radius 3 is 2.36 bits per heavy atom. The van der Waals surface area contributed by atoms with Crippen molar-refractivity contribution in [2.75, 3.05) is 19.6 Å². The Morgan fingerprint density at radius 1 is 1.21 bits per heavy atom. The molecule has 6 heteroatoms. The molecular formula is C8H18N4OS. The largest absolute Gasteiger partial charge is 0.363 e. The molecule has 0 unspecified atom stereocenters. The van der Waals surface area contributed by atoms with E-state index >= 15 is 0 Å². The molecule has 0 heterocycles. The summed E-state index contributed by atoms with van der Waals surface area (Å²) in [6.45, 7) is 4.06. The van der Waals surface area contributed by atoms with Crippen LogP contribution in [0, 0.1) is 0 Å². The van der Waals surface area contributed by atoms with Crippen LogP contribution in [-0.4, -0.2) is 30.8 Å². The highest BCUT2D eigenvalue weighted by atomic mass is 32.1. The minimum absolute atomic E-state index is 0.477. The molecule has 0 aliphatic carbocycles. The van der Waals surface area contributed by atoms with Crippen molar-refractivity contribution in [3.8, 4) is 0 Å². The average molecular weight is 218 g/mol. The molecule has 0 rings (SSSR count). The van der Waals surface area contributed by atoms with Gasteiger partial charge in [0.1, 0.15) is 0 Å². The van der Waals surface area contributed by atoms with Gasteiger partial charge in [0.25, 0.3) is 0 Å². The van der Waals surface area contributed by atoms with Gasteiger partial charge in [-0.3, -0.25) is 0 Å². The molecule has 0 aliphatic heterocycles. The van der Waals surface area contributed by atoms with Crippen LogP contribution < -0.4 is 21.7 Å². The number of rotatable bonds is 6. The van der Waals surface area contributed by atoms with Crippen molar-refractivity contribution in [1.29, 1.82) is 0 Å². The van der Waals surface area contributed by atoms with E-state index in [1.807, 2.05) is 0 Å². The molecule has 0 fully saturated rings. The van der Waals surface area contributed by atoms with Crippen molar-refractivity contribution >= 4 is 23.4 Å². The van der Waals surface area contributed by atoms with Crippen LogP contribution in [0.1, 0.15) is 19.8 Å². The van der Waals surface area contributed by atoms with E-state index in [0.29, 0.717) is 18.2 Å². The number of hydrogen-bond donors (Lipinski definition) is 4. The van der Waals surface area contributed by atoms with Gasteiger partial charge in [-0.15, -0.1) is 0 Å². The van der Waals surface area contributed by atoms with Gasteiger partial charge in [0, 0.05) is 19.6 Å². The first kappa shape index (κ1) is 13.0. The third-order valence-corrected chi connectivity index (χ3v) is 1.81. The van der Waals surface area contributed by atoms with Crippen molar-refractivity contribution < 1.29 is 4.79 Å². The van der Waals surface area contributed by atoms with E-state index in [1.54, 1.807) is 0 Å². The molecule has 0 bridgehead atoms. The number of carbonyl (C=O) groups is 1. The Bertz CT molecular complexity index is 186. The Hall–Kier alpha value is -1.04. The topological polar surface area (TPSA) is 79.2 Å². The highest BCUT2D eigenvalue weighted by Gasteiger charge is 1.94. The standard InChI is InChI=1S/C8H18N4OS/c1-2-3-4-11-8(14)12-6-5-10-7(9)13/h2-6H2,1H3,(H3,9,10,13)(H2,11,12,14). The van der Waals surface area contributed by atoms with Gasteiger partial charge in [0.05, 0.1) is 0 Å². The molecule has 5 nitrogen and oxygen atoms in total. The molecule has 0 atom stereocenters. The van der Waals surface area contributed by atoms with Gasteiger partial charge in [-0.25, -0.2) is 4.79 Å². The molecular weight excluding hydrogens is 200 g/mol. The second kappa shape index (κ2) is 8.55. The number of primary amides is 1. The summed E-state index contributed by atoms with van der Waals surface area (Å²) in [4.78, 5) is 10.3. The number of urea groups is 1. The van der Waals surface area contributed by atoms with Crippen LogP contribution in [0.3, 0.4) is 0 Å². The summed E-state index contributed by atoms with van der Waals surface area (Å²) >= 11 is 4.98. The highest BCUT2D eigenvalue weighted by Crippen LogP contribution is 1.81. The van der Waals surface area contributed by atoms with E-state index in [9.17, 15) is 4.79 Å². The van der Waals surface area contributed by atoms with Crippen LogP contribution in [0.25, 0.3) is 0 Å². The summed E-state index contributed by atoms with van der Waals surface area (Å²) in [7, 11) is 0. The van der Waals surface area contributed by atoms with E-state index in [1.165, 1.54) is 0 Å². The van der Waals surface area contributed by atoms with Gasteiger partial charge in [0.15, 0.2) is 5.11 Å². The zero-order valence-corrected chi connectivity index (χ0v) is 9.25. The van der Waals surface area contributed by atoms with Crippen LogP contribution in [-0.2, 0) is 0 Å². The SMILES string of the molecule is CCCCNC(=S)NCCNC(N)=O. The van der Waals surface area contributed by atoms with Gasteiger partial charge < -0.3 is 21.7 Å². The van der Waals surface area contributed by atoms with Gasteiger partial charge >= 0.3 is 6.03 Å². The van der Waals surface area contributed by atoms with Crippen LogP contribution in [0.4, 0.5) is 4.79 Å². The maximum absolute atomic E-state index is 10.3. The minimum atomic E-state index is -0.517. The van der Waals surface area contributed by atoms with Crippen LogP contribution in [0.15, 0.2) is 0 Å². The van der Waals surface area contributed by atoms with Crippen LogP contribution in [0.5, 0.6) is 0 Å². The average Bonchev–Trinajstić information content (AvgIpc) is 2.13. The maximum Gasteiger partial charge on any atom is 0.312 e. The Morgan fingerprint density at radius 2 is 1.79 bits per heavy atom. The van der Waals surface area contributed by atoms with E-state index in [0.717, 1.165) is 19.4 Å². The number of nitrogens with one attached hydrogen (secondary N) is 3. The fraction of sp³-hybridized carbons (Fsp3) is 0.750. The molecule has 0 radical (unpaired) electrons. The predicted molar refractivity (Wildman–Crippen MR) is 61.1 cm³/mol. The lowest BCUT2D eigenvalue weighted by molar-refractivity contribution is 0.249. The lowest BCUT2D eigenvalue weighted by Crippen LogP contribution is -2.41. The molecule has 0 saturated carbocycles. The fourth-order valence-corrected chi connectivity index (χ4v) is 1.01. The number of hydrogen-bond acceptors (Lipinski definition) is 2. The van der Waals surface area contributed by atoms with E-state index in [4.69, 9.17) is 18.0 Å². The third-order valence-electron chi connectivity index (χ3n) is 1.53. The molecule has 0 aromatic carbocycles. The van der Waals surface area contributed by atoms with Gasteiger partial charge in [-0.05, 0) is 18.6 Å². The monoisotopic (exact) mass is 218 g/mol. The molecule has 0 aliphatic rings. The zero-order chi connectivity index (χ0) is 10.8. The molecule has 2 amide bonds. The quantitative estimate of drug-likeness (QED) is 0.371. The van der Waals surface area contributed by atoms with Gasteiger partial charge in [-0.2, -0.15) is 0 Å². The summed E-state index contributed by atoms with van der Waals surface area (Å²) in [6, 6.07) is -0.517. The van der Waals surface area contributed by atoms with Crippen LogP contribution >= 0.6 is 12.2 Å². The number of carbonyl (C=O) groups excluding carboxylic acids is 1. The van der Waals surface area contributed by atoms with E-state index in [2.05, 4.69) is 22.9 Å². The van der Waals surface area contributed by atoms with Crippen molar-refractivity contribution in [2.45, 2.75) is 19.8 Å². The summed E-state index contributed by atoms with van der Waals surface area (Å²) in [5.74, 6) is 0. The molecule has 82 valence electrons. The number of unbranched alkanes of at least 4 members (excludes halogenated alkanes) is 1. The summed E-state index contributed by atoms with van der Waals surface area (Å²) in [6.07, 6.45) is 2.24. The fourth-order valence-electron chi connectivity index (χ4n) is 0.803. The van der Waals surface area contributed by atoms with E-state index < -0.39 is 6.03 Å². The second-order valence-corrected chi connectivity index (χ2v) is 3.24. The first-order valence-electron chi connectivity index (χ1n) is 4.71.